The molecule has 4 unspecified atom stereocenters. The number of hydrogen-bond acceptors (Lipinski definition) is 5. The number of fused-ring (bicyclic) bond motifs is 4. The van der Waals surface area contributed by atoms with Crippen molar-refractivity contribution in [1.29, 1.82) is 0 Å². The molecule has 0 spiro atoms. The van der Waals surface area contributed by atoms with Gasteiger partial charge in [-0.15, -0.1) is 0 Å². The van der Waals surface area contributed by atoms with E-state index in [0.29, 0.717) is 18.1 Å². The fourth-order valence-electron chi connectivity index (χ4n) is 7.93. The quantitative estimate of drug-likeness (QED) is 0.551. The van der Waals surface area contributed by atoms with E-state index in [1.165, 1.54) is 23.6 Å². The van der Waals surface area contributed by atoms with Crippen LogP contribution in [0.1, 0.15) is 64.4 Å². The zero-order valence-corrected chi connectivity index (χ0v) is 21.5. The molecule has 5 heteroatoms. The number of ketones is 1. The van der Waals surface area contributed by atoms with Gasteiger partial charge in [-0.05, 0) is 86.3 Å². The molecule has 0 bridgehead atoms. The minimum atomic E-state index is -1.07. The zero-order chi connectivity index (χ0) is 25.1. The van der Waals surface area contributed by atoms with Crippen LogP contribution in [-0.2, 0) is 14.3 Å². The maximum Gasteiger partial charge on any atom is 0.303 e. The molecular formula is C30H37NO4. The predicted molar refractivity (Wildman–Crippen MR) is 137 cm³/mol. The van der Waals surface area contributed by atoms with Gasteiger partial charge in [-0.2, -0.15) is 0 Å². The second kappa shape index (κ2) is 8.39. The van der Waals surface area contributed by atoms with E-state index in [0.717, 1.165) is 31.4 Å². The fourth-order valence-corrected chi connectivity index (χ4v) is 7.93. The highest BCUT2D eigenvalue weighted by molar-refractivity contribution is 5.89. The number of Topliss-reactive ketones (excluding diaryl/α,β-unsaturated/α-hetero) is 1. The fraction of sp³-hybridized carbons (Fsp3) is 0.533. The number of benzene rings is 1. The van der Waals surface area contributed by atoms with Crippen molar-refractivity contribution in [3.8, 4) is 0 Å². The highest BCUT2D eigenvalue weighted by atomic mass is 16.6. The van der Waals surface area contributed by atoms with Gasteiger partial charge in [-0.25, -0.2) is 0 Å². The lowest BCUT2D eigenvalue weighted by Crippen LogP contribution is -2.57. The van der Waals surface area contributed by atoms with Crippen molar-refractivity contribution < 1.29 is 19.4 Å². The highest BCUT2D eigenvalue weighted by Gasteiger charge is 2.67. The van der Waals surface area contributed by atoms with E-state index in [-0.39, 0.29) is 29.5 Å². The van der Waals surface area contributed by atoms with Gasteiger partial charge >= 0.3 is 5.97 Å². The summed E-state index contributed by atoms with van der Waals surface area (Å²) < 4.78 is 6.00. The first-order valence-corrected chi connectivity index (χ1v) is 12.9. The predicted octanol–water partition coefficient (Wildman–Crippen LogP) is 5.88. The van der Waals surface area contributed by atoms with Gasteiger partial charge in [0.25, 0.3) is 0 Å². The lowest BCUT2D eigenvalue weighted by atomic mass is 9.50. The molecule has 0 radical (unpaired) electrons. The van der Waals surface area contributed by atoms with Crippen LogP contribution in [0.2, 0.25) is 0 Å². The van der Waals surface area contributed by atoms with Crippen molar-refractivity contribution in [2.45, 2.75) is 64.4 Å². The molecule has 0 heterocycles. The topological polar surface area (TPSA) is 66.8 Å². The van der Waals surface area contributed by atoms with Crippen molar-refractivity contribution >= 4 is 17.4 Å². The van der Waals surface area contributed by atoms with E-state index in [9.17, 15) is 14.7 Å². The summed E-state index contributed by atoms with van der Waals surface area (Å²) >= 11 is 0. The van der Waals surface area contributed by atoms with E-state index in [2.05, 4.69) is 42.2 Å². The number of nitrogens with zero attached hydrogens (tertiary/aromatic N) is 1. The molecule has 1 aromatic rings. The SMILES string of the molecule is CC(=O)O[C@]1(C(C)=O)CCC2C3CCC4C=C(O)C=CC4=C3C(c3ccc(N(C)C)cc3)C[C@@]21C. The van der Waals surface area contributed by atoms with E-state index >= 15 is 0 Å². The molecule has 1 N–H and O–H groups in total. The molecule has 4 aliphatic carbocycles. The number of rotatable bonds is 4. The van der Waals surface area contributed by atoms with Crippen LogP contribution in [0.15, 0.2) is 59.4 Å². The molecule has 0 saturated heterocycles. The second-order valence-electron chi connectivity index (χ2n) is 11.4. The van der Waals surface area contributed by atoms with Gasteiger partial charge in [0.05, 0.1) is 0 Å². The molecule has 0 amide bonds. The molecule has 2 saturated carbocycles. The largest absolute Gasteiger partial charge is 0.508 e. The number of carbonyl (C=O) groups is 2. The summed E-state index contributed by atoms with van der Waals surface area (Å²) in [7, 11) is 4.08. The van der Waals surface area contributed by atoms with E-state index in [1.807, 2.05) is 26.2 Å². The number of hydrogen-bond donors (Lipinski definition) is 1. The van der Waals surface area contributed by atoms with Crippen LogP contribution in [0.3, 0.4) is 0 Å². The Balaban J connectivity index is 1.68. The third-order valence-electron chi connectivity index (χ3n) is 9.46. The lowest BCUT2D eigenvalue weighted by Gasteiger charge is -2.55. The van der Waals surface area contributed by atoms with Crippen LogP contribution in [0, 0.1) is 23.2 Å². The summed E-state index contributed by atoms with van der Waals surface area (Å²) in [6, 6.07) is 8.75. The smallest absolute Gasteiger partial charge is 0.303 e. The van der Waals surface area contributed by atoms with Crippen LogP contribution in [-0.4, -0.2) is 36.6 Å². The van der Waals surface area contributed by atoms with E-state index in [4.69, 9.17) is 4.74 Å². The number of ether oxygens (including phenoxy) is 1. The first-order chi connectivity index (χ1) is 16.6. The summed E-state index contributed by atoms with van der Waals surface area (Å²) in [6.45, 7) is 5.22. The van der Waals surface area contributed by atoms with Crippen LogP contribution >= 0.6 is 0 Å². The van der Waals surface area contributed by atoms with Gasteiger partial charge in [-0.1, -0.05) is 30.7 Å². The average Bonchev–Trinajstić information content (AvgIpc) is 3.10. The van der Waals surface area contributed by atoms with Gasteiger partial charge in [-0.3, -0.25) is 9.59 Å². The van der Waals surface area contributed by atoms with Crippen molar-refractivity contribution in [1.82, 2.24) is 0 Å². The molecule has 6 atom stereocenters. The molecule has 5 nitrogen and oxygen atoms in total. The zero-order valence-electron chi connectivity index (χ0n) is 21.5. The molecule has 0 aromatic heterocycles. The third-order valence-corrected chi connectivity index (χ3v) is 9.46. The second-order valence-corrected chi connectivity index (χ2v) is 11.4. The maximum absolute atomic E-state index is 13.2. The van der Waals surface area contributed by atoms with Crippen molar-refractivity contribution in [2.24, 2.45) is 23.2 Å². The van der Waals surface area contributed by atoms with Crippen molar-refractivity contribution in [3.63, 3.8) is 0 Å². The Bertz CT molecular complexity index is 1140. The molecule has 1 aromatic carbocycles. The van der Waals surface area contributed by atoms with Gasteiger partial charge in [0.15, 0.2) is 11.4 Å². The van der Waals surface area contributed by atoms with Crippen molar-refractivity contribution in [2.75, 3.05) is 19.0 Å². The first kappa shape index (κ1) is 23.9. The first-order valence-electron chi connectivity index (χ1n) is 12.9. The lowest BCUT2D eigenvalue weighted by molar-refractivity contribution is -0.182. The Kier molecular flexibility index (Phi) is 5.73. The van der Waals surface area contributed by atoms with E-state index in [1.54, 1.807) is 6.92 Å². The summed E-state index contributed by atoms with van der Waals surface area (Å²) in [5, 5.41) is 10.2. The molecule has 5 rings (SSSR count). The number of anilines is 1. The Labute approximate surface area is 208 Å². The molecule has 2 fully saturated rings. The van der Waals surface area contributed by atoms with Gasteiger partial charge in [0.1, 0.15) is 5.76 Å². The van der Waals surface area contributed by atoms with Crippen LogP contribution in [0.5, 0.6) is 0 Å². The van der Waals surface area contributed by atoms with E-state index < -0.39 is 11.0 Å². The number of aliphatic hydroxyl groups is 1. The summed E-state index contributed by atoms with van der Waals surface area (Å²) in [6.07, 6.45) is 10.2. The maximum atomic E-state index is 13.2. The summed E-state index contributed by atoms with van der Waals surface area (Å²) in [5.41, 5.74) is 3.67. The van der Waals surface area contributed by atoms with Crippen LogP contribution in [0.25, 0.3) is 0 Å². The molecule has 4 aliphatic rings. The minimum absolute atomic E-state index is 0.0328. The van der Waals surface area contributed by atoms with Crippen LogP contribution in [0.4, 0.5) is 5.69 Å². The average molecular weight is 476 g/mol. The van der Waals surface area contributed by atoms with Gasteiger partial charge in [0, 0.05) is 44.0 Å². The number of allylic oxidation sites excluding steroid dienone is 5. The molecule has 0 aliphatic heterocycles. The number of aliphatic hydroxyl groups excluding tert-OH is 1. The van der Waals surface area contributed by atoms with Gasteiger partial charge in [0.2, 0.25) is 0 Å². The van der Waals surface area contributed by atoms with Crippen LogP contribution < -0.4 is 4.90 Å². The number of carbonyl (C=O) groups excluding carboxylic acids is 2. The Morgan fingerprint density at radius 1 is 1.06 bits per heavy atom. The number of esters is 1. The monoisotopic (exact) mass is 475 g/mol. The Morgan fingerprint density at radius 2 is 1.77 bits per heavy atom. The molecule has 35 heavy (non-hydrogen) atoms. The normalized spacial score (nSPS) is 35.5. The highest BCUT2D eigenvalue weighted by Crippen LogP contribution is 2.67. The standard InChI is InChI=1S/C30H37NO4/c1-18(32)30(35-19(2)33)15-14-27-25-12-8-21-16-23(34)11-13-24(21)28(25)26(17-29(27,30)3)20-6-9-22(10-7-20)31(4)5/h6-7,9-11,13,16,21,25-27,34H,8,12,14-15,17H2,1-5H3/t21?,25?,26?,27?,29-,30-/m0/s1. The summed E-state index contributed by atoms with van der Waals surface area (Å²) in [4.78, 5) is 27.6. The Hall–Kier alpha value is -2.82. The third kappa shape index (κ3) is 3.57. The molecule has 186 valence electrons. The Morgan fingerprint density at radius 3 is 2.40 bits per heavy atom. The van der Waals surface area contributed by atoms with Crippen molar-refractivity contribution in [3.05, 3.63) is 65.0 Å². The molecular weight excluding hydrogens is 438 g/mol. The summed E-state index contributed by atoms with van der Waals surface area (Å²) in [5.74, 6) is 0.893. The van der Waals surface area contributed by atoms with Gasteiger partial charge < -0.3 is 14.7 Å². The minimum Gasteiger partial charge on any atom is -0.508 e.